The molecule has 16 heavy (non-hydrogen) atoms. The molecule has 1 atom stereocenters. The van der Waals surface area contributed by atoms with Crippen molar-refractivity contribution in [1.29, 1.82) is 0 Å². The smallest absolute Gasteiger partial charge is 0.396 e. The minimum atomic E-state index is -5.53. The number of hydrogen-bond acceptors (Lipinski definition) is 3. The van der Waals surface area contributed by atoms with Crippen LogP contribution < -0.4 is 5.73 Å². The van der Waals surface area contributed by atoms with Crippen LogP contribution in [0.5, 0.6) is 0 Å². The summed E-state index contributed by atoms with van der Waals surface area (Å²) < 4.78 is 75.2. The molecule has 1 unspecified atom stereocenters. The lowest BCUT2D eigenvalue weighted by atomic mass is 10.2. The van der Waals surface area contributed by atoms with Crippen molar-refractivity contribution in [1.82, 2.24) is 0 Å². The van der Waals surface area contributed by atoms with Gasteiger partial charge in [0.25, 0.3) is 0 Å². The molecule has 0 saturated carbocycles. The molecule has 0 saturated heterocycles. The van der Waals surface area contributed by atoms with Gasteiger partial charge in [0.2, 0.25) is 6.10 Å². The normalized spacial score (nSPS) is 15.6. The molecule has 0 aromatic carbocycles. The van der Waals surface area contributed by atoms with Crippen molar-refractivity contribution in [3.63, 3.8) is 0 Å². The van der Waals surface area contributed by atoms with Crippen molar-refractivity contribution in [2.45, 2.75) is 30.9 Å². The minimum absolute atomic E-state index is 0.136. The average Bonchev–Trinajstić information content (AvgIpc) is 1.99. The monoisotopic (exact) mass is 255 g/mol. The van der Waals surface area contributed by atoms with E-state index in [1.165, 1.54) is 0 Å². The Hall–Kier alpha value is -0.540. The molecule has 0 aliphatic carbocycles. The van der Waals surface area contributed by atoms with Gasteiger partial charge < -0.3 is 15.6 Å². The molecule has 0 fully saturated rings. The number of ether oxygens (including phenoxy) is 1. The Morgan fingerprint density at radius 2 is 1.50 bits per heavy atom. The Labute approximate surface area is 87.2 Å². The zero-order valence-electron chi connectivity index (χ0n) is 7.98. The summed E-state index contributed by atoms with van der Waals surface area (Å²) in [7, 11) is 0. The molecule has 0 radical (unpaired) electrons. The predicted octanol–water partition coefficient (Wildman–Crippen LogP) is 1.21. The zero-order valence-corrected chi connectivity index (χ0v) is 7.98. The van der Waals surface area contributed by atoms with Gasteiger partial charge in [0.05, 0.1) is 6.61 Å². The van der Waals surface area contributed by atoms with Gasteiger partial charge in [-0.1, -0.05) is 0 Å². The predicted molar refractivity (Wildman–Crippen MR) is 41.5 cm³/mol. The summed E-state index contributed by atoms with van der Waals surface area (Å²) in [5, 5.41) is 8.34. The number of rotatable bonds is 5. The van der Waals surface area contributed by atoms with E-state index in [9.17, 15) is 26.3 Å². The topological polar surface area (TPSA) is 55.5 Å². The Kier molecular flexibility index (Phi) is 5.50. The molecule has 0 aliphatic rings. The fourth-order valence-corrected chi connectivity index (χ4v) is 0.844. The standard InChI is InChI=1S/C7H11F6NO2/c8-6(9,10)5(7(11,12)13)16-3-4(14)1-2-15/h4-5,15H,1-3,14H2. The summed E-state index contributed by atoms with van der Waals surface area (Å²) in [6.45, 7) is -1.36. The van der Waals surface area contributed by atoms with Crippen molar-refractivity contribution >= 4 is 0 Å². The van der Waals surface area contributed by atoms with Crippen molar-refractivity contribution in [2.75, 3.05) is 13.2 Å². The van der Waals surface area contributed by atoms with Crippen LogP contribution in [0.2, 0.25) is 0 Å². The zero-order chi connectivity index (χ0) is 13.0. The quantitative estimate of drug-likeness (QED) is 0.726. The lowest BCUT2D eigenvalue weighted by Crippen LogP contribution is -2.46. The van der Waals surface area contributed by atoms with Gasteiger partial charge in [-0.2, -0.15) is 26.3 Å². The van der Waals surface area contributed by atoms with Gasteiger partial charge in [-0.3, -0.25) is 0 Å². The Morgan fingerprint density at radius 3 is 1.81 bits per heavy atom. The molecular weight excluding hydrogens is 244 g/mol. The Balaban J connectivity index is 4.36. The lowest BCUT2D eigenvalue weighted by molar-refractivity contribution is -0.322. The van der Waals surface area contributed by atoms with Crippen LogP contribution in [0.4, 0.5) is 26.3 Å². The van der Waals surface area contributed by atoms with Crippen molar-refractivity contribution in [3.05, 3.63) is 0 Å². The van der Waals surface area contributed by atoms with Crippen LogP contribution in [0.15, 0.2) is 0 Å². The molecule has 0 aromatic rings. The van der Waals surface area contributed by atoms with E-state index in [0.717, 1.165) is 0 Å². The second kappa shape index (κ2) is 5.69. The van der Waals surface area contributed by atoms with Crippen LogP contribution in [-0.4, -0.2) is 42.8 Å². The summed E-state index contributed by atoms with van der Waals surface area (Å²) in [4.78, 5) is 0. The fraction of sp³-hybridized carbons (Fsp3) is 1.00. The Bertz CT molecular complexity index is 190. The first-order valence-electron chi connectivity index (χ1n) is 4.20. The van der Waals surface area contributed by atoms with E-state index in [1.54, 1.807) is 0 Å². The maximum atomic E-state index is 11.9. The van der Waals surface area contributed by atoms with E-state index < -0.39 is 37.7 Å². The molecule has 9 heteroatoms. The van der Waals surface area contributed by atoms with Gasteiger partial charge in [0.1, 0.15) is 0 Å². The van der Waals surface area contributed by atoms with Gasteiger partial charge in [0, 0.05) is 12.6 Å². The molecule has 3 nitrogen and oxygen atoms in total. The second-order valence-electron chi connectivity index (χ2n) is 3.07. The molecule has 0 aromatic heterocycles. The first-order valence-corrected chi connectivity index (χ1v) is 4.20. The molecule has 98 valence electrons. The molecule has 0 heterocycles. The van der Waals surface area contributed by atoms with Crippen LogP contribution >= 0.6 is 0 Å². The van der Waals surface area contributed by atoms with Gasteiger partial charge in [-0.15, -0.1) is 0 Å². The average molecular weight is 255 g/mol. The van der Waals surface area contributed by atoms with Crippen molar-refractivity contribution in [3.8, 4) is 0 Å². The summed E-state index contributed by atoms with van der Waals surface area (Å²) in [6.07, 6.45) is -15.0. The maximum Gasteiger partial charge on any atom is 0.423 e. The summed E-state index contributed by atoms with van der Waals surface area (Å²) in [5.74, 6) is 0. The highest BCUT2D eigenvalue weighted by Crippen LogP contribution is 2.35. The van der Waals surface area contributed by atoms with E-state index >= 15 is 0 Å². The SMILES string of the molecule is NC(CCO)COC(C(F)(F)F)C(F)(F)F. The number of nitrogens with two attached hydrogens (primary N) is 1. The molecule has 0 bridgehead atoms. The third-order valence-corrected chi connectivity index (χ3v) is 1.57. The highest BCUT2D eigenvalue weighted by molar-refractivity contribution is 4.77. The van der Waals surface area contributed by atoms with E-state index in [2.05, 4.69) is 4.74 Å². The van der Waals surface area contributed by atoms with Crippen LogP contribution in [0.25, 0.3) is 0 Å². The van der Waals surface area contributed by atoms with Crippen molar-refractivity contribution in [2.24, 2.45) is 5.73 Å². The fourth-order valence-electron chi connectivity index (χ4n) is 0.844. The van der Waals surface area contributed by atoms with Gasteiger partial charge in [0.15, 0.2) is 0 Å². The first kappa shape index (κ1) is 15.5. The third-order valence-electron chi connectivity index (χ3n) is 1.57. The Morgan fingerprint density at radius 1 is 1.06 bits per heavy atom. The number of alkyl halides is 6. The number of halogens is 6. The van der Waals surface area contributed by atoms with E-state index in [0.29, 0.717) is 0 Å². The van der Waals surface area contributed by atoms with E-state index in [-0.39, 0.29) is 6.42 Å². The highest BCUT2D eigenvalue weighted by Gasteiger charge is 2.58. The van der Waals surface area contributed by atoms with Crippen LogP contribution in [0.1, 0.15) is 6.42 Å². The van der Waals surface area contributed by atoms with E-state index in [4.69, 9.17) is 10.8 Å². The molecule has 0 amide bonds. The minimum Gasteiger partial charge on any atom is -0.396 e. The number of aliphatic hydroxyl groups excluding tert-OH is 1. The number of hydrogen-bond donors (Lipinski definition) is 2. The summed E-state index contributed by atoms with van der Waals surface area (Å²) >= 11 is 0. The highest BCUT2D eigenvalue weighted by atomic mass is 19.4. The first-order chi connectivity index (χ1) is 7.09. The second-order valence-corrected chi connectivity index (χ2v) is 3.07. The van der Waals surface area contributed by atoms with Gasteiger partial charge in [-0.05, 0) is 6.42 Å². The maximum absolute atomic E-state index is 11.9. The third kappa shape index (κ3) is 5.52. The number of aliphatic hydroxyl groups is 1. The van der Waals surface area contributed by atoms with Crippen molar-refractivity contribution < 1.29 is 36.2 Å². The van der Waals surface area contributed by atoms with Gasteiger partial charge >= 0.3 is 12.4 Å². The largest absolute Gasteiger partial charge is 0.423 e. The van der Waals surface area contributed by atoms with Crippen LogP contribution in [0, 0.1) is 0 Å². The van der Waals surface area contributed by atoms with Crippen LogP contribution in [0.3, 0.4) is 0 Å². The molecule has 0 spiro atoms. The molecule has 3 N–H and O–H groups in total. The summed E-state index contributed by atoms with van der Waals surface area (Å²) in [5.41, 5.74) is 5.10. The lowest BCUT2D eigenvalue weighted by Gasteiger charge is -2.24. The van der Waals surface area contributed by atoms with Gasteiger partial charge in [-0.25, -0.2) is 0 Å². The molecule has 0 aliphatic heterocycles. The molecular formula is C7H11F6NO2. The van der Waals surface area contributed by atoms with E-state index in [1.807, 2.05) is 0 Å². The van der Waals surface area contributed by atoms with Crippen LogP contribution in [-0.2, 0) is 4.74 Å². The molecule has 0 rings (SSSR count). The summed E-state index contributed by atoms with van der Waals surface area (Å²) in [6, 6.07) is -1.07.